The average molecular weight is 1150 g/mol. The number of nitrogens with one attached hydrogen (secondary N) is 2. The number of nitro groups is 4. The molecule has 2 aliphatic rings. The predicted octanol–water partition coefficient (Wildman–Crippen LogP) is 16.0. The summed E-state index contributed by atoms with van der Waals surface area (Å²) in [5, 5.41) is 53.8. The summed E-state index contributed by atoms with van der Waals surface area (Å²) >= 11 is 12.0. The van der Waals surface area contributed by atoms with Crippen LogP contribution in [-0.4, -0.2) is 33.9 Å². The van der Waals surface area contributed by atoms with E-state index in [9.17, 15) is 49.2 Å². The Hall–Kier alpha value is -9.40. The van der Waals surface area contributed by atoms with Crippen LogP contribution in [0.2, 0.25) is 10.0 Å². The van der Waals surface area contributed by atoms with Crippen molar-refractivity contribution in [2.24, 2.45) is 0 Å². The van der Waals surface area contributed by atoms with Crippen LogP contribution >= 0.6 is 23.2 Å². The molecule has 2 saturated heterocycles. The lowest BCUT2D eigenvalue weighted by atomic mass is 10.0. The Balaban J connectivity index is 0.000000218. The van der Waals surface area contributed by atoms with Gasteiger partial charge in [0.1, 0.15) is 44.6 Å². The first-order valence-electron chi connectivity index (χ1n) is 25.8. The number of methoxy groups -OCH3 is 2. The Kier molecular flexibility index (Phi) is 17.7. The Bertz CT molecular complexity index is 3450. The van der Waals surface area contributed by atoms with Crippen molar-refractivity contribution in [2.45, 2.75) is 62.9 Å². The quantitative estimate of drug-likeness (QED) is 0.0603. The minimum atomic E-state index is -0.539. The van der Waals surface area contributed by atoms with Crippen LogP contribution in [0.1, 0.15) is 83.2 Å². The standard InChI is InChI=1S/C38H36FN5O6.C22H16Cl2FN3O4/c1-49-31-13-3-25(4-14-31)23-40-33-17-7-27(21-37(33)43(45)46)35-19-20-36(42(35)30-11-9-29(39)10-12-30)28-8-18-34(38(22-28)44(47)48)41-24-26-5-15-32(50-2)16-6-26;23-17-7-1-13(11-21(17)27(29)30)19-9-10-20(26(19)16-5-3-15(25)4-6-16)14-2-8-18(24)22(12-14)28(31)32/h3-18,21-22,35-36,40-41H,19-20,23-24H2,1-2H3;1-8,11-12,19-20H,9-10H2. The molecule has 2 heterocycles. The van der Waals surface area contributed by atoms with Crippen LogP contribution in [0.15, 0.2) is 170 Å². The van der Waals surface area contributed by atoms with E-state index in [1.165, 1.54) is 48.5 Å². The first kappa shape index (κ1) is 57.3. The monoisotopic (exact) mass is 1150 g/mol. The number of ether oxygens (including phenoxy) is 2. The zero-order valence-corrected chi connectivity index (χ0v) is 45.5. The maximum atomic E-state index is 14.1. The van der Waals surface area contributed by atoms with Crippen molar-refractivity contribution in [2.75, 3.05) is 34.7 Å². The second kappa shape index (κ2) is 25.4. The zero-order valence-electron chi connectivity index (χ0n) is 44.0. The van der Waals surface area contributed by atoms with Gasteiger partial charge in [0.15, 0.2) is 0 Å². The Morgan fingerprint density at radius 2 is 0.732 bits per heavy atom. The molecule has 82 heavy (non-hydrogen) atoms. The van der Waals surface area contributed by atoms with E-state index in [1.807, 2.05) is 65.6 Å². The Morgan fingerprint density at radius 3 is 1.02 bits per heavy atom. The van der Waals surface area contributed by atoms with E-state index in [1.54, 1.807) is 74.9 Å². The fourth-order valence-corrected chi connectivity index (χ4v) is 11.0. The molecule has 2 N–H and O–H groups in total. The molecule has 18 nitrogen and oxygen atoms in total. The highest BCUT2D eigenvalue weighted by molar-refractivity contribution is 6.33. The minimum absolute atomic E-state index is 0.0370. The van der Waals surface area contributed by atoms with E-state index in [2.05, 4.69) is 15.5 Å². The Morgan fingerprint density at radius 1 is 0.439 bits per heavy atom. The zero-order chi connectivity index (χ0) is 58.2. The smallest absolute Gasteiger partial charge is 0.292 e. The van der Waals surface area contributed by atoms with Crippen molar-refractivity contribution in [1.29, 1.82) is 0 Å². The molecule has 0 radical (unpaired) electrons. The summed E-state index contributed by atoms with van der Waals surface area (Å²) in [6.45, 7) is 0.752. The normalized spacial score (nSPS) is 16.4. The fourth-order valence-electron chi connectivity index (χ4n) is 10.6. The number of hydrogen-bond acceptors (Lipinski definition) is 14. The van der Waals surface area contributed by atoms with Crippen LogP contribution < -0.4 is 29.9 Å². The molecular formula is C60H52Cl2F2N8O10. The molecular weight excluding hydrogens is 1100 g/mol. The largest absolute Gasteiger partial charge is 0.497 e. The highest BCUT2D eigenvalue weighted by atomic mass is 35.5. The van der Waals surface area contributed by atoms with E-state index >= 15 is 0 Å². The molecule has 2 aliphatic heterocycles. The average Bonchev–Trinajstić information content (AvgIpc) is 4.31. The summed E-state index contributed by atoms with van der Waals surface area (Å²) in [4.78, 5) is 49.5. The molecule has 0 bridgehead atoms. The third kappa shape index (κ3) is 12.9. The van der Waals surface area contributed by atoms with E-state index in [0.717, 1.165) is 22.6 Å². The van der Waals surface area contributed by atoms with Gasteiger partial charge in [-0.2, -0.15) is 0 Å². The van der Waals surface area contributed by atoms with Crippen molar-refractivity contribution in [3.05, 3.63) is 265 Å². The second-order valence-electron chi connectivity index (χ2n) is 19.4. The number of anilines is 4. The Labute approximate surface area is 479 Å². The fraction of sp³-hybridized carbons (Fsp3) is 0.200. The summed E-state index contributed by atoms with van der Waals surface area (Å²) in [7, 11) is 3.18. The molecule has 2 fully saturated rings. The van der Waals surface area contributed by atoms with Crippen molar-refractivity contribution in [3.63, 3.8) is 0 Å². The molecule has 0 aromatic heterocycles. The maximum Gasteiger partial charge on any atom is 0.292 e. The summed E-state index contributed by atoms with van der Waals surface area (Å²) < 4.78 is 38.1. The van der Waals surface area contributed by atoms with Crippen molar-refractivity contribution < 1.29 is 37.9 Å². The molecule has 22 heteroatoms. The SMILES string of the molecule is COc1ccc(CNc2ccc(C3CCC(c4ccc(NCc5ccc(OC)cc5)c([N+](=O)[O-])c4)N3c3ccc(F)cc3)cc2[N+](=O)[O-])cc1.O=[N+]([O-])c1cc(C2CCC(c3ccc(Cl)c([N+](=O)[O-])c3)N2c2ccc(F)cc2)ccc1Cl. The van der Waals surface area contributed by atoms with Crippen molar-refractivity contribution >= 4 is 68.7 Å². The molecule has 0 aliphatic carbocycles. The van der Waals surface area contributed by atoms with Crippen LogP contribution in [0.25, 0.3) is 0 Å². The van der Waals surface area contributed by atoms with E-state index in [-0.39, 0.29) is 57.0 Å². The molecule has 8 aromatic rings. The number of hydrogen-bond donors (Lipinski definition) is 2. The van der Waals surface area contributed by atoms with Gasteiger partial charge < -0.3 is 29.9 Å². The van der Waals surface area contributed by atoms with Crippen molar-refractivity contribution in [1.82, 2.24) is 0 Å². The van der Waals surface area contributed by atoms with Crippen LogP contribution in [0.3, 0.4) is 0 Å². The van der Waals surface area contributed by atoms with Gasteiger partial charge in [-0.1, -0.05) is 71.7 Å². The molecule has 0 spiro atoms. The number of benzene rings is 8. The molecule has 10 rings (SSSR count). The highest BCUT2D eigenvalue weighted by Gasteiger charge is 2.39. The summed E-state index contributed by atoms with van der Waals surface area (Å²) in [5.41, 5.74) is 6.26. The first-order chi connectivity index (χ1) is 39.5. The van der Waals surface area contributed by atoms with Gasteiger partial charge >= 0.3 is 0 Å². The van der Waals surface area contributed by atoms with Crippen molar-refractivity contribution in [3.8, 4) is 11.5 Å². The third-order valence-electron chi connectivity index (χ3n) is 14.6. The molecule has 8 aromatic carbocycles. The van der Waals surface area contributed by atoms with Gasteiger partial charge in [0.25, 0.3) is 22.7 Å². The lowest BCUT2D eigenvalue weighted by Crippen LogP contribution is -2.26. The van der Waals surface area contributed by atoms with E-state index in [4.69, 9.17) is 32.7 Å². The molecule has 4 atom stereocenters. The van der Waals surface area contributed by atoms with Gasteiger partial charge in [-0.05, 0) is 156 Å². The minimum Gasteiger partial charge on any atom is -0.497 e. The van der Waals surface area contributed by atoms with Gasteiger partial charge in [-0.15, -0.1) is 0 Å². The van der Waals surface area contributed by atoms with Gasteiger partial charge in [0, 0.05) is 48.7 Å². The number of nitrogens with zero attached hydrogens (tertiary/aromatic N) is 6. The lowest BCUT2D eigenvalue weighted by molar-refractivity contribution is -0.384. The number of halogens is 4. The van der Waals surface area contributed by atoms with Crippen LogP contribution in [0.5, 0.6) is 11.5 Å². The summed E-state index contributed by atoms with van der Waals surface area (Å²) in [5.74, 6) is 0.644. The topological polar surface area (TPSA) is 222 Å². The highest BCUT2D eigenvalue weighted by Crippen LogP contribution is 2.51. The van der Waals surface area contributed by atoms with Gasteiger partial charge in [-0.25, -0.2) is 8.78 Å². The number of rotatable bonds is 18. The second-order valence-corrected chi connectivity index (χ2v) is 20.2. The van der Waals surface area contributed by atoms with E-state index < -0.39 is 31.3 Å². The lowest BCUT2D eigenvalue weighted by Gasteiger charge is -2.33. The predicted molar refractivity (Wildman–Crippen MR) is 310 cm³/mol. The van der Waals surface area contributed by atoms with Gasteiger partial charge in [-0.3, -0.25) is 40.5 Å². The van der Waals surface area contributed by atoms with Crippen LogP contribution in [0, 0.1) is 52.1 Å². The third-order valence-corrected chi connectivity index (χ3v) is 15.3. The van der Waals surface area contributed by atoms with Crippen LogP contribution in [0.4, 0.5) is 54.3 Å². The molecule has 0 amide bonds. The summed E-state index contributed by atoms with van der Waals surface area (Å²) in [6, 6.07) is 45.2. The van der Waals surface area contributed by atoms with Gasteiger partial charge in [0.05, 0.1) is 58.1 Å². The van der Waals surface area contributed by atoms with E-state index in [0.29, 0.717) is 83.8 Å². The molecule has 420 valence electrons. The van der Waals surface area contributed by atoms with Crippen LogP contribution in [-0.2, 0) is 13.1 Å². The first-order valence-corrected chi connectivity index (χ1v) is 26.5. The molecule has 0 saturated carbocycles. The molecule has 4 unspecified atom stereocenters. The maximum absolute atomic E-state index is 14.1. The summed E-state index contributed by atoms with van der Waals surface area (Å²) in [6.07, 6.45) is 2.47. The van der Waals surface area contributed by atoms with Gasteiger partial charge in [0.2, 0.25) is 0 Å². The number of nitro benzene ring substituents is 4.